The maximum absolute atomic E-state index is 11.0. The van der Waals surface area contributed by atoms with E-state index in [1.807, 2.05) is 13.8 Å². The minimum Gasteiger partial charge on any atom is -0.369 e. The van der Waals surface area contributed by atoms with Crippen molar-refractivity contribution >= 4 is 5.91 Å². The van der Waals surface area contributed by atoms with Gasteiger partial charge in [0.25, 0.3) is 0 Å². The SMILES string of the molecule is CC(C)(C#N)CCNC1CCC(C(N)=O)CC1. The van der Waals surface area contributed by atoms with E-state index in [-0.39, 0.29) is 17.2 Å². The van der Waals surface area contributed by atoms with Gasteiger partial charge in [0.1, 0.15) is 0 Å². The molecule has 1 rings (SSSR count). The van der Waals surface area contributed by atoms with Gasteiger partial charge in [-0.3, -0.25) is 4.79 Å². The standard InChI is InChI=1S/C13H23N3O/c1-13(2,9-14)7-8-16-11-5-3-10(4-6-11)12(15)17/h10-11,16H,3-8H2,1-2H3,(H2,15,17). The van der Waals surface area contributed by atoms with Crippen LogP contribution in [0.1, 0.15) is 46.0 Å². The van der Waals surface area contributed by atoms with Crippen molar-refractivity contribution in [3.05, 3.63) is 0 Å². The van der Waals surface area contributed by atoms with Crippen LogP contribution in [-0.2, 0) is 4.79 Å². The van der Waals surface area contributed by atoms with E-state index in [2.05, 4.69) is 11.4 Å². The Kier molecular flexibility index (Phi) is 4.95. The number of nitrogens with zero attached hydrogens (tertiary/aromatic N) is 1. The molecule has 1 amide bonds. The number of nitrogens with one attached hydrogen (secondary N) is 1. The molecule has 17 heavy (non-hydrogen) atoms. The lowest BCUT2D eigenvalue weighted by Crippen LogP contribution is -2.37. The minimum absolute atomic E-state index is 0.0728. The molecular weight excluding hydrogens is 214 g/mol. The minimum atomic E-state index is -0.253. The zero-order valence-corrected chi connectivity index (χ0v) is 10.8. The zero-order valence-electron chi connectivity index (χ0n) is 10.8. The summed E-state index contributed by atoms with van der Waals surface area (Å²) in [5.41, 5.74) is 5.04. The third kappa shape index (κ3) is 4.74. The maximum Gasteiger partial charge on any atom is 0.220 e. The van der Waals surface area contributed by atoms with Crippen molar-refractivity contribution in [2.24, 2.45) is 17.1 Å². The van der Waals surface area contributed by atoms with E-state index in [1.54, 1.807) is 0 Å². The van der Waals surface area contributed by atoms with Crippen LogP contribution >= 0.6 is 0 Å². The molecule has 0 bridgehead atoms. The summed E-state index contributed by atoms with van der Waals surface area (Å²) in [5, 5.41) is 12.4. The van der Waals surface area contributed by atoms with Crippen LogP contribution < -0.4 is 11.1 Å². The first-order chi connectivity index (χ1) is 7.94. The van der Waals surface area contributed by atoms with E-state index in [0.717, 1.165) is 38.6 Å². The average Bonchev–Trinajstić information content (AvgIpc) is 2.29. The van der Waals surface area contributed by atoms with E-state index in [4.69, 9.17) is 11.0 Å². The van der Waals surface area contributed by atoms with E-state index in [1.165, 1.54) is 0 Å². The fraction of sp³-hybridized carbons (Fsp3) is 0.846. The summed E-state index contributed by atoms with van der Waals surface area (Å²) in [6.45, 7) is 4.78. The van der Waals surface area contributed by atoms with Gasteiger partial charge in [-0.05, 0) is 52.5 Å². The van der Waals surface area contributed by atoms with Crippen LogP contribution in [0.5, 0.6) is 0 Å². The first kappa shape index (κ1) is 14.0. The largest absolute Gasteiger partial charge is 0.369 e. The Bertz CT molecular complexity index is 298. The van der Waals surface area contributed by atoms with Crippen molar-refractivity contribution in [2.75, 3.05) is 6.54 Å². The predicted octanol–water partition coefficient (Wildman–Crippen LogP) is 1.56. The molecule has 96 valence electrons. The number of primary amides is 1. The Hall–Kier alpha value is -1.08. The van der Waals surface area contributed by atoms with Crippen LogP contribution in [0.15, 0.2) is 0 Å². The number of carbonyl (C=O) groups is 1. The van der Waals surface area contributed by atoms with Crippen molar-refractivity contribution in [3.8, 4) is 6.07 Å². The number of hydrogen-bond donors (Lipinski definition) is 2. The molecule has 0 aromatic rings. The smallest absolute Gasteiger partial charge is 0.220 e. The van der Waals surface area contributed by atoms with Gasteiger partial charge in [-0.2, -0.15) is 5.26 Å². The van der Waals surface area contributed by atoms with Crippen LogP contribution in [0.25, 0.3) is 0 Å². The molecule has 0 spiro atoms. The third-order valence-corrected chi connectivity index (χ3v) is 3.62. The number of nitrogens with two attached hydrogens (primary N) is 1. The molecule has 0 heterocycles. The highest BCUT2D eigenvalue weighted by atomic mass is 16.1. The highest BCUT2D eigenvalue weighted by Crippen LogP contribution is 2.24. The Labute approximate surface area is 104 Å². The summed E-state index contributed by atoms with van der Waals surface area (Å²) in [7, 11) is 0. The normalized spacial score (nSPS) is 25.2. The van der Waals surface area contributed by atoms with Gasteiger partial charge in [0.2, 0.25) is 5.91 Å². The molecule has 1 saturated carbocycles. The fourth-order valence-electron chi connectivity index (χ4n) is 2.23. The molecule has 1 fully saturated rings. The van der Waals surface area contributed by atoms with Gasteiger partial charge in [-0.25, -0.2) is 0 Å². The Morgan fingerprint density at radius 1 is 1.41 bits per heavy atom. The first-order valence-electron chi connectivity index (χ1n) is 6.38. The van der Waals surface area contributed by atoms with Gasteiger partial charge in [0, 0.05) is 12.0 Å². The van der Waals surface area contributed by atoms with Gasteiger partial charge >= 0.3 is 0 Å². The molecule has 4 heteroatoms. The summed E-state index contributed by atoms with van der Waals surface area (Å²) in [6, 6.07) is 2.79. The van der Waals surface area contributed by atoms with Crippen molar-refractivity contribution in [1.29, 1.82) is 5.26 Å². The summed E-state index contributed by atoms with van der Waals surface area (Å²) in [5.74, 6) is -0.0855. The van der Waals surface area contributed by atoms with E-state index in [0.29, 0.717) is 6.04 Å². The molecule has 0 aromatic carbocycles. The lowest BCUT2D eigenvalue weighted by Gasteiger charge is -2.28. The number of nitriles is 1. The molecule has 0 radical (unpaired) electrons. The molecule has 0 atom stereocenters. The van der Waals surface area contributed by atoms with Crippen LogP contribution in [0.3, 0.4) is 0 Å². The van der Waals surface area contributed by atoms with Crippen molar-refractivity contribution < 1.29 is 4.79 Å². The molecule has 1 aliphatic carbocycles. The lowest BCUT2D eigenvalue weighted by molar-refractivity contribution is -0.122. The monoisotopic (exact) mass is 237 g/mol. The molecular formula is C13H23N3O. The highest BCUT2D eigenvalue weighted by molar-refractivity contribution is 5.76. The van der Waals surface area contributed by atoms with Crippen molar-refractivity contribution in [3.63, 3.8) is 0 Å². The van der Waals surface area contributed by atoms with E-state index < -0.39 is 0 Å². The maximum atomic E-state index is 11.0. The number of carbonyl (C=O) groups excluding carboxylic acids is 1. The molecule has 4 nitrogen and oxygen atoms in total. The fourth-order valence-corrected chi connectivity index (χ4v) is 2.23. The van der Waals surface area contributed by atoms with Crippen LogP contribution in [0.2, 0.25) is 0 Å². The van der Waals surface area contributed by atoms with Crippen molar-refractivity contribution in [1.82, 2.24) is 5.32 Å². The quantitative estimate of drug-likeness (QED) is 0.761. The Morgan fingerprint density at radius 3 is 2.47 bits per heavy atom. The van der Waals surface area contributed by atoms with Crippen LogP contribution in [0, 0.1) is 22.7 Å². The van der Waals surface area contributed by atoms with Gasteiger partial charge in [0.15, 0.2) is 0 Å². The van der Waals surface area contributed by atoms with Crippen molar-refractivity contribution in [2.45, 2.75) is 52.0 Å². The second-order valence-electron chi connectivity index (χ2n) is 5.65. The van der Waals surface area contributed by atoms with Gasteiger partial charge < -0.3 is 11.1 Å². The predicted molar refractivity (Wildman–Crippen MR) is 67.0 cm³/mol. The number of hydrogen-bond acceptors (Lipinski definition) is 3. The molecule has 0 saturated heterocycles. The first-order valence-corrected chi connectivity index (χ1v) is 6.38. The second-order valence-corrected chi connectivity index (χ2v) is 5.65. The lowest BCUT2D eigenvalue weighted by atomic mass is 9.85. The summed E-state index contributed by atoms with van der Waals surface area (Å²) < 4.78 is 0. The average molecular weight is 237 g/mol. The van der Waals surface area contributed by atoms with E-state index in [9.17, 15) is 4.79 Å². The molecule has 1 aliphatic rings. The molecule has 3 N–H and O–H groups in total. The summed E-state index contributed by atoms with van der Waals surface area (Å²) in [4.78, 5) is 11.0. The molecule has 0 unspecified atom stereocenters. The third-order valence-electron chi connectivity index (χ3n) is 3.62. The summed E-state index contributed by atoms with van der Waals surface area (Å²) >= 11 is 0. The Morgan fingerprint density at radius 2 is 2.00 bits per heavy atom. The zero-order chi connectivity index (χ0) is 12.9. The highest BCUT2D eigenvalue weighted by Gasteiger charge is 2.24. The van der Waals surface area contributed by atoms with E-state index >= 15 is 0 Å². The van der Waals surface area contributed by atoms with Gasteiger partial charge in [0.05, 0.1) is 11.5 Å². The number of rotatable bonds is 5. The van der Waals surface area contributed by atoms with Crippen LogP contribution in [-0.4, -0.2) is 18.5 Å². The molecule has 0 aliphatic heterocycles. The molecule has 0 aromatic heterocycles. The number of amides is 1. The summed E-state index contributed by atoms with van der Waals surface area (Å²) in [6.07, 6.45) is 4.68. The van der Waals surface area contributed by atoms with Gasteiger partial charge in [-0.15, -0.1) is 0 Å². The second kappa shape index (κ2) is 6.02. The topological polar surface area (TPSA) is 78.9 Å². The van der Waals surface area contributed by atoms with Gasteiger partial charge in [-0.1, -0.05) is 0 Å². The van der Waals surface area contributed by atoms with Crippen LogP contribution in [0.4, 0.5) is 0 Å². The Balaban J connectivity index is 2.19.